The summed E-state index contributed by atoms with van der Waals surface area (Å²) < 4.78 is 33.0. The van der Waals surface area contributed by atoms with Gasteiger partial charge < -0.3 is 9.64 Å². The maximum absolute atomic E-state index is 12.8. The van der Waals surface area contributed by atoms with Crippen molar-refractivity contribution in [2.24, 2.45) is 0 Å². The monoisotopic (exact) mass is 339 g/mol. The van der Waals surface area contributed by atoms with Crippen molar-refractivity contribution in [3.63, 3.8) is 0 Å². The predicted octanol–water partition coefficient (Wildman–Crippen LogP) is 1.79. The second-order valence-electron chi connectivity index (χ2n) is 6.48. The summed E-state index contributed by atoms with van der Waals surface area (Å²) in [6, 6.07) is 5.77. The van der Waals surface area contributed by atoms with E-state index in [1.807, 2.05) is 37.2 Å². The van der Waals surface area contributed by atoms with E-state index in [9.17, 15) is 8.42 Å². The third-order valence-electron chi connectivity index (χ3n) is 4.66. The highest BCUT2D eigenvalue weighted by Crippen LogP contribution is 2.30. The number of sulfonamides is 1. The maximum Gasteiger partial charge on any atom is 0.217 e. The van der Waals surface area contributed by atoms with E-state index in [0.717, 1.165) is 37.2 Å². The molecule has 6 nitrogen and oxygen atoms in total. The van der Waals surface area contributed by atoms with E-state index in [1.165, 1.54) is 0 Å². The Kier molecular flexibility index (Phi) is 4.89. The average molecular weight is 339 g/mol. The topological polar surface area (TPSA) is 62.7 Å². The summed E-state index contributed by atoms with van der Waals surface area (Å²) in [4.78, 5) is 6.52. The van der Waals surface area contributed by atoms with Gasteiger partial charge >= 0.3 is 0 Å². The molecular formula is C16H25N3O3S. The number of rotatable bonds is 4. The van der Waals surface area contributed by atoms with Crippen LogP contribution in [-0.4, -0.2) is 56.7 Å². The van der Waals surface area contributed by atoms with Crippen molar-refractivity contribution in [2.45, 2.75) is 37.0 Å². The van der Waals surface area contributed by atoms with Gasteiger partial charge in [-0.25, -0.2) is 13.4 Å². The molecule has 7 heteroatoms. The molecule has 3 rings (SSSR count). The van der Waals surface area contributed by atoms with Gasteiger partial charge in [0, 0.05) is 27.2 Å². The highest BCUT2D eigenvalue weighted by molar-refractivity contribution is 7.89. The summed E-state index contributed by atoms with van der Waals surface area (Å²) in [7, 11) is 0.656. The third kappa shape index (κ3) is 3.51. The van der Waals surface area contributed by atoms with Gasteiger partial charge in [0.25, 0.3) is 0 Å². The number of nitrogens with zero attached hydrogens (tertiary/aromatic N) is 3. The van der Waals surface area contributed by atoms with Gasteiger partial charge in [0.2, 0.25) is 10.0 Å². The molecule has 2 aliphatic rings. The van der Waals surface area contributed by atoms with Crippen LogP contribution in [-0.2, 0) is 14.8 Å². The molecule has 128 valence electrons. The van der Waals surface area contributed by atoms with Crippen molar-refractivity contribution in [1.82, 2.24) is 9.29 Å². The molecule has 0 aromatic carbocycles. The Bertz CT molecular complexity index is 642. The smallest absolute Gasteiger partial charge is 0.217 e. The van der Waals surface area contributed by atoms with E-state index in [2.05, 4.69) is 4.98 Å². The van der Waals surface area contributed by atoms with Crippen LogP contribution in [0.1, 0.15) is 37.5 Å². The first kappa shape index (κ1) is 16.7. The quantitative estimate of drug-likeness (QED) is 0.837. The molecule has 1 aliphatic carbocycles. The zero-order valence-electron chi connectivity index (χ0n) is 13.8. The minimum Gasteiger partial charge on any atom is -0.369 e. The van der Waals surface area contributed by atoms with Gasteiger partial charge in [0.05, 0.1) is 17.6 Å². The van der Waals surface area contributed by atoms with E-state index in [0.29, 0.717) is 19.7 Å². The second-order valence-corrected chi connectivity index (χ2v) is 8.70. The Labute approximate surface area is 138 Å². The number of ether oxygens (including phenoxy) is 1. The maximum atomic E-state index is 12.8. The van der Waals surface area contributed by atoms with Crippen molar-refractivity contribution in [3.8, 4) is 0 Å². The van der Waals surface area contributed by atoms with E-state index < -0.39 is 10.0 Å². The number of anilines is 1. The Morgan fingerprint density at radius 1 is 1.26 bits per heavy atom. The lowest BCUT2D eigenvalue weighted by atomic mass is 10.2. The lowest BCUT2D eigenvalue weighted by Crippen LogP contribution is -2.45. The van der Waals surface area contributed by atoms with E-state index >= 15 is 0 Å². The summed E-state index contributed by atoms with van der Waals surface area (Å²) in [6.45, 7) is 1.23. The first-order valence-electron chi connectivity index (χ1n) is 8.23. The fourth-order valence-electron chi connectivity index (χ4n) is 3.30. The molecule has 1 aromatic heterocycles. The summed E-state index contributed by atoms with van der Waals surface area (Å²) in [5.41, 5.74) is 0.794. The molecule has 0 spiro atoms. The molecule has 1 aromatic rings. The van der Waals surface area contributed by atoms with Crippen molar-refractivity contribution >= 4 is 15.8 Å². The number of aromatic nitrogens is 1. The zero-order chi connectivity index (χ0) is 16.4. The number of morpholine rings is 1. The van der Waals surface area contributed by atoms with Crippen LogP contribution in [0.4, 0.5) is 5.82 Å². The summed E-state index contributed by atoms with van der Waals surface area (Å²) in [5, 5.41) is -0.206. The third-order valence-corrected chi connectivity index (χ3v) is 7.02. The molecule has 1 unspecified atom stereocenters. The van der Waals surface area contributed by atoms with Gasteiger partial charge in [0.1, 0.15) is 11.9 Å². The highest BCUT2D eigenvalue weighted by Gasteiger charge is 2.37. The molecular weight excluding hydrogens is 314 g/mol. The normalized spacial score (nSPS) is 24.0. The SMILES string of the molecule is CN(C)c1cccc(C2CN(S(=O)(=O)C3CCCC3)CCO2)n1. The van der Waals surface area contributed by atoms with Gasteiger partial charge in [-0.05, 0) is 25.0 Å². The van der Waals surface area contributed by atoms with E-state index in [4.69, 9.17) is 4.74 Å². The molecule has 1 saturated heterocycles. The van der Waals surface area contributed by atoms with Gasteiger partial charge in [-0.2, -0.15) is 4.31 Å². The highest BCUT2D eigenvalue weighted by atomic mass is 32.2. The van der Waals surface area contributed by atoms with Gasteiger partial charge in [0.15, 0.2) is 0 Å². The zero-order valence-corrected chi connectivity index (χ0v) is 14.6. The molecule has 23 heavy (non-hydrogen) atoms. The van der Waals surface area contributed by atoms with Crippen molar-refractivity contribution in [1.29, 1.82) is 0 Å². The number of hydrogen-bond acceptors (Lipinski definition) is 5. The molecule has 0 amide bonds. The van der Waals surface area contributed by atoms with Crippen LogP contribution < -0.4 is 4.90 Å². The van der Waals surface area contributed by atoms with Crippen molar-refractivity contribution in [2.75, 3.05) is 38.7 Å². The van der Waals surface area contributed by atoms with Crippen LogP contribution in [0, 0.1) is 0 Å². The fourth-order valence-corrected chi connectivity index (χ4v) is 5.32. The molecule has 0 N–H and O–H groups in total. The molecule has 2 heterocycles. The molecule has 2 fully saturated rings. The van der Waals surface area contributed by atoms with Crippen LogP contribution in [0.2, 0.25) is 0 Å². The average Bonchev–Trinajstić information content (AvgIpc) is 3.10. The van der Waals surface area contributed by atoms with Crippen LogP contribution >= 0.6 is 0 Å². The van der Waals surface area contributed by atoms with Gasteiger partial charge in [-0.3, -0.25) is 0 Å². The number of pyridine rings is 1. The molecule has 0 bridgehead atoms. The van der Waals surface area contributed by atoms with Gasteiger partial charge in [-0.15, -0.1) is 0 Å². The molecule has 1 aliphatic heterocycles. The Morgan fingerprint density at radius 3 is 2.70 bits per heavy atom. The first-order valence-corrected chi connectivity index (χ1v) is 9.73. The Hall–Kier alpha value is -1.18. The van der Waals surface area contributed by atoms with E-state index in [-0.39, 0.29) is 11.4 Å². The summed E-state index contributed by atoms with van der Waals surface area (Å²) in [5.74, 6) is 0.849. The fraction of sp³-hybridized carbons (Fsp3) is 0.688. The van der Waals surface area contributed by atoms with Gasteiger partial charge in [-0.1, -0.05) is 18.9 Å². The second kappa shape index (κ2) is 6.75. The minimum absolute atomic E-state index is 0.206. The Morgan fingerprint density at radius 2 is 2.00 bits per heavy atom. The minimum atomic E-state index is -3.21. The van der Waals surface area contributed by atoms with Crippen LogP contribution in [0.5, 0.6) is 0 Å². The van der Waals surface area contributed by atoms with Crippen molar-refractivity contribution < 1.29 is 13.2 Å². The lowest BCUT2D eigenvalue weighted by Gasteiger charge is -2.33. The number of hydrogen-bond donors (Lipinski definition) is 0. The van der Waals surface area contributed by atoms with Crippen LogP contribution in [0.25, 0.3) is 0 Å². The van der Waals surface area contributed by atoms with E-state index in [1.54, 1.807) is 4.31 Å². The van der Waals surface area contributed by atoms with Crippen molar-refractivity contribution in [3.05, 3.63) is 23.9 Å². The summed E-state index contributed by atoms with van der Waals surface area (Å²) in [6.07, 6.45) is 3.32. The first-order chi connectivity index (χ1) is 11.0. The summed E-state index contributed by atoms with van der Waals surface area (Å²) >= 11 is 0. The standard InChI is InChI=1S/C16H25N3O3S/c1-18(2)16-9-5-8-14(17-16)15-12-19(10-11-22-15)23(20,21)13-6-3-4-7-13/h5,8-9,13,15H,3-4,6-7,10-12H2,1-2H3. The largest absolute Gasteiger partial charge is 0.369 e. The van der Waals surface area contributed by atoms with Crippen LogP contribution in [0.15, 0.2) is 18.2 Å². The molecule has 1 saturated carbocycles. The Balaban J connectivity index is 1.77. The predicted molar refractivity (Wildman–Crippen MR) is 90.0 cm³/mol. The molecule has 0 radical (unpaired) electrons. The van der Waals surface area contributed by atoms with Crippen LogP contribution in [0.3, 0.4) is 0 Å². The molecule has 1 atom stereocenters. The lowest BCUT2D eigenvalue weighted by molar-refractivity contribution is -0.00515.